The Morgan fingerprint density at radius 3 is 2.58 bits per heavy atom. The number of piperidine rings is 1. The zero-order valence-electron chi connectivity index (χ0n) is 16.0. The van der Waals surface area contributed by atoms with Gasteiger partial charge in [-0.15, -0.1) is 0 Å². The van der Waals surface area contributed by atoms with Crippen molar-refractivity contribution in [3.8, 4) is 0 Å². The van der Waals surface area contributed by atoms with Crippen molar-refractivity contribution in [3.05, 3.63) is 29.3 Å². The third kappa shape index (κ3) is 4.01. The Kier molecular flexibility index (Phi) is 5.81. The molecule has 0 spiro atoms. The quantitative estimate of drug-likeness (QED) is 0.787. The normalized spacial score (nSPS) is 21.7. The van der Waals surface area contributed by atoms with Gasteiger partial charge in [0, 0.05) is 12.2 Å². The van der Waals surface area contributed by atoms with E-state index in [1.165, 1.54) is 21.7 Å². The summed E-state index contributed by atoms with van der Waals surface area (Å²) < 4.78 is 0. The van der Waals surface area contributed by atoms with E-state index in [1.54, 1.807) is 4.90 Å². The van der Waals surface area contributed by atoms with Gasteiger partial charge >= 0.3 is 0 Å². The van der Waals surface area contributed by atoms with Crippen molar-refractivity contribution < 1.29 is 14.5 Å². The monoisotopic (exact) mass is 359 g/mol. The molecule has 3 rings (SSSR count). The van der Waals surface area contributed by atoms with E-state index in [9.17, 15) is 9.59 Å². The van der Waals surface area contributed by atoms with Crippen molar-refractivity contribution in [3.63, 3.8) is 0 Å². The van der Waals surface area contributed by atoms with Crippen LogP contribution in [-0.4, -0.2) is 62.0 Å². The lowest BCUT2D eigenvalue weighted by molar-refractivity contribution is -0.892. The van der Waals surface area contributed by atoms with Gasteiger partial charge in [0.2, 0.25) is 5.91 Å². The fourth-order valence-electron chi connectivity index (χ4n) is 4.16. The molecule has 3 N–H and O–H groups in total. The van der Waals surface area contributed by atoms with Gasteiger partial charge < -0.3 is 20.4 Å². The molecule has 0 unspecified atom stereocenters. The summed E-state index contributed by atoms with van der Waals surface area (Å²) in [5, 5.41) is 0. The maximum Gasteiger partial charge on any atom is 0.278 e. The molecular weight excluding hydrogens is 328 g/mol. The van der Waals surface area contributed by atoms with Gasteiger partial charge in [-0.05, 0) is 50.3 Å². The first kappa shape index (κ1) is 18.7. The molecule has 6 heteroatoms. The minimum atomic E-state index is -0.410. The maximum absolute atomic E-state index is 12.7. The van der Waals surface area contributed by atoms with Gasteiger partial charge in [-0.2, -0.15) is 0 Å². The van der Waals surface area contributed by atoms with Crippen molar-refractivity contribution in [1.29, 1.82) is 0 Å². The molecule has 1 aromatic rings. The van der Waals surface area contributed by atoms with Crippen molar-refractivity contribution >= 4 is 17.5 Å². The SMILES string of the molecule is Cc1cccc(N2CC[NH+](CC(=O)N3CCCC[C@H]3C(N)=O)CC2)c1C. The predicted octanol–water partition coefficient (Wildman–Crippen LogP) is -0.125. The molecule has 1 atom stereocenters. The zero-order chi connectivity index (χ0) is 18.7. The van der Waals surface area contributed by atoms with Crippen molar-refractivity contribution in [2.24, 2.45) is 5.73 Å². The molecular formula is C20H31N4O2+. The lowest BCUT2D eigenvalue weighted by Crippen LogP contribution is -3.16. The molecule has 6 nitrogen and oxygen atoms in total. The molecule has 2 aliphatic heterocycles. The smallest absolute Gasteiger partial charge is 0.278 e. The maximum atomic E-state index is 12.7. The summed E-state index contributed by atoms with van der Waals surface area (Å²) in [5.41, 5.74) is 9.45. The summed E-state index contributed by atoms with van der Waals surface area (Å²) >= 11 is 0. The molecule has 0 aliphatic carbocycles. The van der Waals surface area contributed by atoms with Crippen LogP contribution in [0.5, 0.6) is 0 Å². The fourth-order valence-corrected chi connectivity index (χ4v) is 4.16. The number of piperazine rings is 1. The number of primary amides is 1. The predicted molar refractivity (Wildman–Crippen MR) is 102 cm³/mol. The molecule has 0 radical (unpaired) electrons. The van der Waals surface area contributed by atoms with Gasteiger partial charge in [0.05, 0.1) is 26.2 Å². The highest BCUT2D eigenvalue weighted by Crippen LogP contribution is 2.22. The largest absolute Gasteiger partial charge is 0.368 e. The lowest BCUT2D eigenvalue weighted by atomic mass is 10.0. The molecule has 1 aromatic carbocycles. The Hall–Kier alpha value is -2.08. The average Bonchev–Trinajstić information content (AvgIpc) is 2.64. The van der Waals surface area contributed by atoms with Gasteiger partial charge in [0.25, 0.3) is 5.91 Å². The third-order valence-electron chi connectivity index (χ3n) is 5.94. The lowest BCUT2D eigenvalue weighted by Gasteiger charge is -2.37. The van der Waals surface area contributed by atoms with E-state index in [4.69, 9.17) is 5.73 Å². The van der Waals surface area contributed by atoms with Gasteiger partial charge in [-0.25, -0.2) is 0 Å². The van der Waals surface area contributed by atoms with Crippen LogP contribution in [0.3, 0.4) is 0 Å². The number of nitrogens with zero attached hydrogens (tertiary/aromatic N) is 2. The van der Waals surface area contributed by atoms with Crippen LogP contribution in [0, 0.1) is 13.8 Å². The number of nitrogens with two attached hydrogens (primary N) is 1. The van der Waals surface area contributed by atoms with E-state index in [1.807, 2.05) is 0 Å². The number of amides is 2. The number of hydrogen-bond acceptors (Lipinski definition) is 3. The third-order valence-corrected chi connectivity index (χ3v) is 5.94. The van der Waals surface area contributed by atoms with Gasteiger partial charge in [0.15, 0.2) is 6.54 Å². The molecule has 26 heavy (non-hydrogen) atoms. The van der Waals surface area contributed by atoms with Gasteiger partial charge in [-0.3, -0.25) is 9.59 Å². The summed E-state index contributed by atoms with van der Waals surface area (Å²) in [7, 11) is 0. The second-order valence-corrected chi connectivity index (χ2v) is 7.63. The summed E-state index contributed by atoms with van der Waals surface area (Å²) in [5.74, 6) is -0.295. The number of aryl methyl sites for hydroxylation is 1. The topological polar surface area (TPSA) is 71.1 Å². The minimum absolute atomic E-state index is 0.0729. The second-order valence-electron chi connectivity index (χ2n) is 7.63. The number of likely N-dealkylation sites (tertiary alicyclic amines) is 1. The first-order chi connectivity index (χ1) is 12.5. The number of carbonyl (C=O) groups is 2. The zero-order valence-corrected chi connectivity index (χ0v) is 16.0. The van der Waals surface area contributed by atoms with Crippen LogP contribution < -0.4 is 15.5 Å². The van der Waals surface area contributed by atoms with E-state index in [2.05, 4.69) is 36.9 Å². The summed E-state index contributed by atoms with van der Waals surface area (Å²) in [6.45, 7) is 9.22. The summed E-state index contributed by atoms with van der Waals surface area (Å²) in [6.07, 6.45) is 2.64. The molecule has 0 saturated carbocycles. The second kappa shape index (κ2) is 8.08. The highest BCUT2D eigenvalue weighted by molar-refractivity contribution is 5.87. The van der Waals surface area contributed by atoms with Crippen molar-refractivity contribution in [2.75, 3.05) is 44.2 Å². The first-order valence-corrected chi connectivity index (χ1v) is 9.71. The van der Waals surface area contributed by atoms with Gasteiger partial charge in [-0.1, -0.05) is 12.1 Å². The van der Waals surface area contributed by atoms with Gasteiger partial charge in [0.1, 0.15) is 6.04 Å². The number of nitrogens with one attached hydrogen (secondary N) is 1. The highest BCUT2D eigenvalue weighted by atomic mass is 16.2. The number of benzene rings is 1. The van der Waals surface area contributed by atoms with Crippen molar-refractivity contribution in [1.82, 2.24) is 4.90 Å². The van der Waals surface area contributed by atoms with E-state index >= 15 is 0 Å². The molecule has 2 saturated heterocycles. The van der Waals surface area contributed by atoms with E-state index in [0.717, 1.165) is 39.0 Å². The fraction of sp³-hybridized carbons (Fsp3) is 0.600. The standard InChI is InChI=1S/C20H30N4O2/c1-15-6-5-8-17(16(15)2)23-12-10-22(11-13-23)14-19(25)24-9-4-3-7-18(24)20(21)26/h5-6,8,18H,3-4,7,9-14H2,1-2H3,(H2,21,26)/p+1/t18-/m0/s1. The molecule has 2 heterocycles. The molecule has 142 valence electrons. The molecule has 2 amide bonds. The van der Waals surface area contributed by atoms with Crippen LogP contribution in [0.1, 0.15) is 30.4 Å². The number of rotatable bonds is 4. The Morgan fingerprint density at radius 1 is 1.15 bits per heavy atom. The van der Waals surface area contributed by atoms with Crippen LogP contribution in [0.4, 0.5) is 5.69 Å². The summed E-state index contributed by atoms with van der Waals surface area (Å²) in [4.78, 5) is 29.8. The van der Waals surface area contributed by atoms with Crippen LogP contribution in [0.25, 0.3) is 0 Å². The van der Waals surface area contributed by atoms with Crippen LogP contribution >= 0.6 is 0 Å². The molecule has 2 fully saturated rings. The van der Waals surface area contributed by atoms with E-state index in [-0.39, 0.29) is 11.8 Å². The average molecular weight is 359 g/mol. The van der Waals surface area contributed by atoms with Crippen molar-refractivity contribution in [2.45, 2.75) is 39.2 Å². The minimum Gasteiger partial charge on any atom is -0.368 e. The first-order valence-electron chi connectivity index (χ1n) is 9.71. The molecule has 2 aliphatic rings. The number of anilines is 1. The Morgan fingerprint density at radius 2 is 1.88 bits per heavy atom. The van der Waals surface area contributed by atoms with Crippen LogP contribution in [0.2, 0.25) is 0 Å². The Balaban J connectivity index is 1.56. The van der Waals surface area contributed by atoms with E-state index in [0.29, 0.717) is 19.5 Å². The number of carbonyl (C=O) groups excluding carboxylic acids is 2. The summed E-state index contributed by atoms with van der Waals surface area (Å²) in [6, 6.07) is 6.03. The van der Waals surface area contributed by atoms with Crippen LogP contribution in [0.15, 0.2) is 18.2 Å². The van der Waals surface area contributed by atoms with Crippen LogP contribution in [-0.2, 0) is 9.59 Å². The number of hydrogen-bond donors (Lipinski definition) is 2. The Labute approximate surface area is 155 Å². The number of quaternary nitrogens is 1. The molecule has 0 bridgehead atoms. The molecule has 0 aromatic heterocycles. The van der Waals surface area contributed by atoms with E-state index < -0.39 is 6.04 Å². The Bertz CT molecular complexity index is 668. The highest BCUT2D eigenvalue weighted by Gasteiger charge is 2.33.